The largest absolute Gasteiger partial charge is 0.593 e. The molecular weight excluding hydrogens is 348 g/mol. The molecule has 1 amide bonds. The van der Waals surface area contributed by atoms with E-state index in [9.17, 15) is 9.35 Å². The third kappa shape index (κ3) is 3.65. The van der Waals surface area contributed by atoms with E-state index in [0.29, 0.717) is 26.5 Å². The molecule has 1 heterocycles. The summed E-state index contributed by atoms with van der Waals surface area (Å²) in [6.45, 7) is 0. The molecule has 6 nitrogen and oxygen atoms in total. The zero-order valence-corrected chi connectivity index (χ0v) is 14.0. The van der Waals surface area contributed by atoms with Gasteiger partial charge in [-0.1, -0.05) is 29.8 Å². The predicted octanol–water partition coefficient (Wildman–Crippen LogP) is 2.45. The molecule has 0 bridgehead atoms. The first-order valence-electron chi connectivity index (χ1n) is 6.98. The van der Waals surface area contributed by atoms with Crippen LogP contribution >= 0.6 is 11.6 Å². The lowest BCUT2D eigenvalue weighted by molar-refractivity contribution is -0.115. The van der Waals surface area contributed by atoms with E-state index in [2.05, 4.69) is 15.3 Å². The monoisotopic (exact) mass is 360 g/mol. The van der Waals surface area contributed by atoms with Crippen molar-refractivity contribution >= 4 is 45.5 Å². The molecule has 3 rings (SSSR count). The van der Waals surface area contributed by atoms with Gasteiger partial charge in [-0.25, -0.2) is 9.97 Å². The van der Waals surface area contributed by atoms with Gasteiger partial charge < -0.3 is 9.87 Å². The lowest BCUT2D eigenvalue weighted by atomic mass is 10.1. The number of rotatable bonds is 4. The van der Waals surface area contributed by atoms with Crippen molar-refractivity contribution in [3.05, 3.63) is 59.5 Å². The van der Waals surface area contributed by atoms with Gasteiger partial charge in [0.2, 0.25) is 10.8 Å². The van der Waals surface area contributed by atoms with Crippen LogP contribution in [0.2, 0.25) is 5.02 Å². The molecule has 24 heavy (non-hydrogen) atoms. The Morgan fingerprint density at radius 3 is 2.88 bits per heavy atom. The van der Waals surface area contributed by atoms with Crippen LogP contribution in [-0.4, -0.2) is 20.4 Å². The molecular formula is C16H13ClN4O2S. The summed E-state index contributed by atoms with van der Waals surface area (Å²) in [4.78, 5) is 20.6. The Bertz CT molecular complexity index is 904. The summed E-state index contributed by atoms with van der Waals surface area (Å²) < 4.78 is 11.7. The normalized spacial score (nSPS) is 12.1. The first-order valence-corrected chi connectivity index (χ1v) is 8.57. The second-order valence-electron chi connectivity index (χ2n) is 5.05. The number of carbonyl (C=O) groups excluding carboxylic acids is 1. The minimum Gasteiger partial charge on any atom is -0.593 e. The van der Waals surface area contributed by atoms with Gasteiger partial charge >= 0.3 is 0 Å². The van der Waals surface area contributed by atoms with Crippen molar-refractivity contribution in [2.75, 3.05) is 5.32 Å². The fourth-order valence-electron chi connectivity index (χ4n) is 2.32. The number of nitrogens with zero attached hydrogens (tertiary/aromatic N) is 2. The molecule has 122 valence electrons. The van der Waals surface area contributed by atoms with Crippen LogP contribution in [-0.2, 0) is 22.6 Å². The zero-order chi connectivity index (χ0) is 17.1. The number of aromatic nitrogens is 2. The van der Waals surface area contributed by atoms with Crippen LogP contribution in [0.15, 0.2) is 53.8 Å². The first kappa shape index (κ1) is 16.7. The third-order valence-electron chi connectivity index (χ3n) is 3.38. The molecule has 1 atom stereocenters. The Hall–Kier alpha value is -2.19. The Balaban J connectivity index is 1.87. The minimum absolute atomic E-state index is 0.129. The van der Waals surface area contributed by atoms with Crippen molar-refractivity contribution in [1.29, 1.82) is 0 Å². The highest BCUT2D eigenvalue weighted by Gasteiger charge is 2.16. The van der Waals surface area contributed by atoms with Gasteiger partial charge in [0.05, 0.1) is 17.8 Å². The Morgan fingerprint density at radius 1 is 1.33 bits per heavy atom. The van der Waals surface area contributed by atoms with Crippen molar-refractivity contribution in [1.82, 2.24) is 9.97 Å². The quantitative estimate of drug-likeness (QED) is 0.695. The average molecular weight is 361 g/mol. The maximum absolute atomic E-state index is 12.2. The standard InChI is InChI=1S/C16H13ClN4O2S/c17-13-4-2-1-3-10(13)6-15(22)21-12-5-11-8-19-9-20-16(11)14(7-12)24(18)23/h1-5,7-9H,6,18H2,(H,21,22). The van der Waals surface area contributed by atoms with Crippen LogP contribution in [0, 0.1) is 0 Å². The van der Waals surface area contributed by atoms with E-state index in [0.717, 1.165) is 5.56 Å². The summed E-state index contributed by atoms with van der Waals surface area (Å²) in [6.07, 6.45) is 3.06. The lowest BCUT2D eigenvalue weighted by Gasteiger charge is -2.10. The highest BCUT2D eigenvalue weighted by Crippen LogP contribution is 2.25. The summed E-state index contributed by atoms with van der Waals surface area (Å²) in [7, 11) is 0. The first-order chi connectivity index (χ1) is 11.5. The second-order valence-corrected chi connectivity index (χ2v) is 6.49. The van der Waals surface area contributed by atoms with E-state index in [1.165, 1.54) is 6.33 Å². The van der Waals surface area contributed by atoms with Crippen molar-refractivity contribution in [2.45, 2.75) is 11.3 Å². The molecule has 0 saturated heterocycles. The van der Waals surface area contributed by atoms with Crippen molar-refractivity contribution in [2.24, 2.45) is 5.14 Å². The molecule has 0 aliphatic carbocycles. The van der Waals surface area contributed by atoms with Crippen LogP contribution in [0.3, 0.4) is 0 Å². The van der Waals surface area contributed by atoms with Gasteiger partial charge in [-0.05, 0) is 17.7 Å². The molecule has 0 aliphatic rings. The van der Waals surface area contributed by atoms with Gasteiger partial charge in [0.15, 0.2) is 0 Å². The molecule has 0 spiro atoms. The van der Waals surface area contributed by atoms with Crippen LogP contribution in [0.25, 0.3) is 10.9 Å². The summed E-state index contributed by atoms with van der Waals surface area (Å²) in [5.74, 6) is -0.243. The summed E-state index contributed by atoms with van der Waals surface area (Å²) >= 11 is 4.33. The van der Waals surface area contributed by atoms with Gasteiger partial charge in [0, 0.05) is 28.4 Å². The summed E-state index contributed by atoms with van der Waals surface area (Å²) in [5, 5.41) is 9.44. The Morgan fingerprint density at radius 2 is 2.12 bits per heavy atom. The van der Waals surface area contributed by atoms with Crippen molar-refractivity contribution in [3.63, 3.8) is 0 Å². The number of fused-ring (bicyclic) bond motifs is 1. The second kappa shape index (κ2) is 7.14. The van der Waals surface area contributed by atoms with Crippen LogP contribution in [0.4, 0.5) is 5.69 Å². The molecule has 8 heteroatoms. The minimum atomic E-state index is -1.73. The average Bonchev–Trinajstić information content (AvgIpc) is 2.56. The van der Waals surface area contributed by atoms with Crippen LogP contribution < -0.4 is 10.5 Å². The SMILES string of the molecule is N[S+]([O-])c1cc(NC(=O)Cc2ccccc2Cl)cc2cncnc12. The highest BCUT2D eigenvalue weighted by atomic mass is 35.5. The molecule has 0 radical (unpaired) electrons. The smallest absolute Gasteiger partial charge is 0.228 e. The Labute approximate surface area is 146 Å². The van der Waals surface area contributed by atoms with E-state index >= 15 is 0 Å². The van der Waals surface area contributed by atoms with Crippen molar-refractivity contribution < 1.29 is 9.35 Å². The van der Waals surface area contributed by atoms with E-state index in [4.69, 9.17) is 16.7 Å². The van der Waals surface area contributed by atoms with E-state index in [-0.39, 0.29) is 12.3 Å². The maximum atomic E-state index is 12.2. The van der Waals surface area contributed by atoms with Gasteiger partial charge in [-0.3, -0.25) is 4.79 Å². The van der Waals surface area contributed by atoms with E-state index < -0.39 is 11.4 Å². The molecule has 1 aromatic heterocycles. The number of anilines is 1. The molecule has 3 N–H and O–H groups in total. The molecule has 0 saturated carbocycles. The van der Waals surface area contributed by atoms with Gasteiger partial charge in [0.25, 0.3) is 0 Å². The van der Waals surface area contributed by atoms with E-state index in [1.807, 2.05) is 6.07 Å². The number of hydrogen-bond acceptors (Lipinski definition) is 5. The van der Waals surface area contributed by atoms with Crippen LogP contribution in [0.1, 0.15) is 5.56 Å². The summed E-state index contributed by atoms with van der Waals surface area (Å²) in [5.41, 5.74) is 1.70. The van der Waals surface area contributed by atoms with Gasteiger partial charge in [-0.15, -0.1) is 5.14 Å². The fraction of sp³-hybridized carbons (Fsp3) is 0.0625. The van der Waals surface area contributed by atoms with Gasteiger partial charge in [0.1, 0.15) is 11.8 Å². The number of halogens is 1. The Kier molecular flexibility index (Phi) is 4.96. The topological polar surface area (TPSA) is 104 Å². The predicted molar refractivity (Wildman–Crippen MR) is 93.9 cm³/mol. The van der Waals surface area contributed by atoms with Crippen molar-refractivity contribution in [3.8, 4) is 0 Å². The maximum Gasteiger partial charge on any atom is 0.228 e. The molecule has 0 fully saturated rings. The molecule has 1 unspecified atom stereocenters. The van der Waals surface area contributed by atoms with E-state index in [1.54, 1.807) is 36.5 Å². The third-order valence-corrected chi connectivity index (χ3v) is 4.49. The zero-order valence-electron chi connectivity index (χ0n) is 12.4. The number of benzene rings is 2. The molecule has 2 aromatic carbocycles. The highest BCUT2D eigenvalue weighted by molar-refractivity contribution is 7.89. The number of nitrogens with one attached hydrogen (secondary N) is 1. The van der Waals surface area contributed by atoms with Gasteiger partial charge in [-0.2, -0.15) is 0 Å². The molecule has 3 aromatic rings. The lowest BCUT2D eigenvalue weighted by Crippen LogP contribution is -2.17. The summed E-state index contributed by atoms with van der Waals surface area (Å²) in [6, 6.07) is 10.4. The number of carbonyl (C=O) groups is 1. The van der Waals surface area contributed by atoms with Crippen LogP contribution in [0.5, 0.6) is 0 Å². The number of amides is 1. The fourth-order valence-corrected chi connectivity index (χ4v) is 3.12. The number of nitrogens with two attached hydrogens (primary N) is 1. The molecule has 0 aliphatic heterocycles. The number of hydrogen-bond donors (Lipinski definition) is 2.